The molecule has 0 heterocycles. The minimum Gasteiger partial charge on any atom is -0.496 e. The Balaban J connectivity index is 1.79. The fraction of sp³-hybridized carbons (Fsp3) is 0.120. The monoisotopic (exact) mass is 462 g/mol. The molecule has 0 spiro atoms. The lowest BCUT2D eigenvalue weighted by Gasteiger charge is -2.12. The second kappa shape index (κ2) is 11.3. The topological polar surface area (TPSA) is 117 Å². The third-order valence-electron chi connectivity index (χ3n) is 4.75. The van der Waals surface area contributed by atoms with Crippen LogP contribution in [0.5, 0.6) is 11.5 Å². The average Bonchev–Trinajstić information content (AvgIpc) is 2.86. The smallest absolute Gasteiger partial charge is 0.339 e. The fourth-order valence-electron chi connectivity index (χ4n) is 3.12. The summed E-state index contributed by atoms with van der Waals surface area (Å²) in [6, 6.07) is 19.8. The zero-order valence-electron chi connectivity index (χ0n) is 18.5. The van der Waals surface area contributed by atoms with E-state index < -0.39 is 23.4 Å². The van der Waals surface area contributed by atoms with Crippen molar-refractivity contribution in [2.75, 3.05) is 26.1 Å². The fourth-order valence-corrected chi connectivity index (χ4v) is 3.12. The Kier molecular flexibility index (Phi) is 7.96. The second-order valence-corrected chi connectivity index (χ2v) is 6.93. The number of anilines is 1. The number of hydrogen-bond acceptors (Lipinski definition) is 7. The van der Waals surface area contributed by atoms with Crippen LogP contribution < -0.4 is 14.8 Å². The number of rotatable bonds is 9. The van der Waals surface area contributed by atoms with E-state index in [2.05, 4.69) is 5.32 Å². The van der Waals surface area contributed by atoms with Crippen LogP contribution in [-0.4, -0.2) is 37.6 Å². The number of carbonyl (C=O) groups is 2. The first kappa shape index (κ1) is 24.0. The molecule has 9 nitrogen and oxygen atoms in total. The van der Waals surface area contributed by atoms with E-state index in [0.29, 0.717) is 16.9 Å². The van der Waals surface area contributed by atoms with E-state index in [1.807, 2.05) is 18.2 Å². The predicted molar refractivity (Wildman–Crippen MR) is 127 cm³/mol. The molecule has 0 atom stereocenters. The van der Waals surface area contributed by atoms with Crippen LogP contribution in [0, 0.1) is 10.1 Å². The molecule has 174 valence electrons. The normalized spacial score (nSPS) is 10.8. The van der Waals surface area contributed by atoms with Crippen molar-refractivity contribution in [2.45, 2.75) is 0 Å². The lowest BCUT2D eigenvalue weighted by molar-refractivity contribution is -0.384. The van der Waals surface area contributed by atoms with Gasteiger partial charge in [-0.2, -0.15) is 0 Å². The summed E-state index contributed by atoms with van der Waals surface area (Å²) in [5, 5.41) is 13.5. The SMILES string of the molecule is COc1ccccc1C=C(C(=O)OCC(=O)Nc1cc([N+](=O)[O-])ccc1OC)c1ccccc1. The van der Waals surface area contributed by atoms with Gasteiger partial charge in [0.15, 0.2) is 6.61 Å². The number of ether oxygens (including phenoxy) is 3. The molecule has 3 aromatic rings. The van der Waals surface area contributed by atoms with Crippen LogP contribution in [0.4, 0.5) is 11.4 Å². The largest absolute Gasteiger partial charge is 0.496 e. The molecule has 0 saturated carbocycles. The van der Waals surface area contributed by atoms with Crippen molar-refractivity contribution in [3.05, 3.63) is 94.0 Å². The standard InChI is InChI=1S/C25H22N2O7/c1-32-22-11-7-6-10-18(22)14-20(17-8-4-3-5-9-17)25(29)34-16-24(28)26-21-15-19(27(30)31)12-13-23(21)33-2/h3-15H,16H2,1-2H3,(H,26,28). The average molecular weight is 462 g/mol. The number of nitro benzene ring substituents is 1. The van der Waals surface area contributed by atoms with Gasteiger partial charge in [0.05, 0.1) is 30.4 Å². The molecular formula is C25H22N2O7. The summed E-state index contributed by atoms with van der Waals surface area (Å²) in [4.78, 5) is 35.8. The van der Waals surface area contributed by atoms with Crippen LogP contribution in [0.2, 0.25) is 0 Å². The Hall–Kier alpha value is -4.66. The lowest BCUT2D eigenvalue weighted by Crippen LogP contribution is -2.21. The predicted octanol–water partition coefficient (Wildman–Crippen LogP) is 4.33. The molecular weight excluding hydrogens is 440 g/mol. The van der Waals surface area contributed by atoms with Gasteiger partial charge in [0.25, 0.3) is 11.6 Å². The molecule has 34 heavy (non-hydrogen) atoms. The highest BCUT2D eigenvalue weighted by Gasteiger charge is 2.18. The molecule has 3 rings (SSSR count). The van der Waals surface area contributed by atoms with Gasteiger partial charge < -0.3 is 19.5 Å². The number of nitro groups is 1. The Morgan fingerprint density at radius 3 is 2.29 bits per heavy atom. The zero-order valence-corrected chi connectivity index (χ0v) is 18.5. The Morgan fingerprint density at radius 2 is 1.62 bits per heavy atom. The van der Waals surface area contributed by atoms with Crippen molar-refractivity contribution in [1.29, 1.82) is 0 Å². The van der Waals surface area contributed by atoms with Crippen molar-refractivity contribution in [1.82, 2.24) is 0 Å². The van der Waals surface area contributed by atoms with Crippen LogP contribution in [0.15, 0.2) is 72.8 Å². The van der Waals surface area contributed by atoms with Crippen LogP contribution >= 0.6 is 0 Å². The zero-order chi connectivity index (χ0) is 24.5. The van der Waals surface area contributed by atoms with Gasteiger partial charge in [0.1, 0.15) is 11.5 Å². The first-order valence-corrected chi connectivity index (χ1v) is 10.1. The highest BCUT2D eigenvalue weighted by atomic mass is 16.6. The molecule has 1 amide bonds. The number of methoxy groups -OCH3 is 2. The molecule has 9 heteroatoms. The second-order valence-electron chi connectivity index (χ2n) is 6.93. The summed E-state index contributed by atoms with van der Waals surface area (Å²) in [7, 11) is 2.89. The molecule has 3 aromatic carbocycles. The van der Waals surface area contributed by atoms with Crippen molar-refractivity contribution in [2.24, 2.45) is 0 Å². The van der Waals surface area contributed by atoms with Crippen LogP contribution in [-0.2, 0) is 14.3 Å². The van der Waals surface area contributed by atoms with Gasteiger partial charge in [-0.1, -0.05) is 48.5 Å². The van der Waals surface area contributed by atoms with Crippen molar-refractivity contribution in [3.63, 3.8) is 0 Å². The molecule has 1 N–H and O–H groups in total. The van der Waals surface area contributed by atoms with Crippen molar-refractivity contribution < 1.29 is 28.7 Å². The van der Waals surface area contributed by atoms with Gasteiger partial charge in [0, 0.05) is 17.7 Å². The van der Waals surface area contributed by atoms with Gasteiger partial charge in [-0.25, -0.2) is 4.79 Å². The molecule has 0 fully saturated rings. The van der Waals surface area contributed by atoms with E-state index in [-0.39, 0.29) is 22.7 Å². The maximum atomic E-state index is 12.9. The first-order valence-electron chi connectivity index (χ1n) is 10.1. The minimum absolute atomic E-state index is 0.0885. The molecule has 0 saturated heterocycles. The summed E-state index contributed by atoms with van der Waals surface area (Å²) >= 11 is 0. The van der Waals surface area contributed by atoms with E-state index in [0.717, 1.165) is 6.07 Å². The van der Waals surface area contributed by atoms with E-state index in [1.165, 1.54) is 26.4 Å². The molecule has 0 bridgehead atoms. The van der Waals surface area contributed by atoms with Gasteiger partial charge >= 0.3 is 5.97 Å². The number of benzene rings is 3. The molecule has 0 unspecified atom stereocenters. The van der Waals surface area contributed by atoms with Crippen molar-refractivity contribution in [3.8, 4) is 11.5 Å². The maximum Gasteiger partial charge on any atom is 0.339 e. The number of nitrogens with one attached hydrogen (secondary N) is 1. The summed E-state index contributed by atoms with van der Waals surface area (Å²) in [6.07, 6.45) is 1.62. The summed E-state index contributed by atoms with van der Waals surface area (Å²) in [6.45, 7) is -0.610. The highest BCUT2D eigenvalue weighted by molar-refractivity contribution is 6.22. The number of hydrogen-bond donors (Lipinski definition) is 1. The minimum atomic E-state index is -0.724. The number of carbonyl (C=O) groups excluding carboxylic acids is 2. The molecule has 0 aliphatic carbocycles. The van der Waals surface area contributed by atoms with Crippen LogP contribution in [0.1, 0.15) is 11.1 Å². The molecule has 0 aliphatic heterocycles. The Labute approximate surface area is 195 Å². The van der Waals surface area contributed by atoms with Gasteiger partial charge in [-0.05, 0) is 23.8 Å². The van der Waals surface area contributed by atoms with E-state index in [9.17, 15) is 19.7 Å². The summed E-state index contributed by atoms with van der Waals surface area (Å²) < 4.78 is 15.7. The number of non-ortho nitro benzene ring substituents is 1. The van der Waals surface area contributed by atoms with Gasteiger partial charge in [-0.15, -0.1) is 0 Å². The summed E-state index contributed by atoms with van der Waals surface area (Å²) in [5.41, 5.74) is 1.35. The van der Waals surface area contributed by atoms with Crippen LogP contribution in [0.3, 0.4) is 0 Å². The lowest BCUT2D eigenvalue weighted by atomic mass is 10.0. The Bertz CT molecular complexity index is 1220. The number of para-hydroxylation sites is 1. The third-order valence-corrected chi connectivity index (χ3v) is 4.75. The molecule has 0 aromatic heterocycles. The number of nitrogens with zero attached hydrogens (tertiary/aromatic N) is 1. The number of amides is 1. The molecule has 0 radical (unpaired) electrons. The Morgan fingerprint density at radius 1 is 0.941 bits per heavy atom. The summed E-state index contributed by atoms with van der Waals surface area (Å²) in [5.74, 6) is -0.610. The highest BCUT2D eigenvalue weighted by Crippen LogP contribution is 2.29. The van der Waals surface area contributed by atoms with Crippen molar-refractivity contribution >= 4 is 34.9 Å². The van der Waals surface area contributed by atoms with E-state index >= 15 is 0 Å². The van der Waals surface area contributed by atoms with Crippen LogP contribution in [0.25, 0.3) is 11.6 Å². The van der Waals surface area contributed by atoms with Gasteiger partial charge in [-0.3, -0.25) is 14.9 Å². The molecule has 0 aliphatic rings. The number of esters is 1. The third kappa shape index (κ3) is 5.98. The quantitative estimate of drug-likeness (QED) is 0.165. The maximum absolute atomic E-state index is 12.9. The van der Waals surface area contributed by atoms with E-state index in [1.54, 1.807) is 42.5 Å². The van der Waals surface area contributed by atoms with Gasteiger partial charge in [0.2, 0.25) is 0 Å². The van der Waals surface area contributed by atoms with E-state index in [4.69, 9.17) is 14.2 Å². The first-order chi connectivity index (χ1) is 16.4.